The highest BCUT2D eigenvalue weighted by molar-refractivity contribution is 5.77. The molecule has 0 saturated carbocycles. The smallest absolute Gasteiger partial charge is 0.224 e. The fourth-order valence-corrected chi connectivity index (χ4v) is 2.51. The standard InChI is InChI=1S/C16H21FN2O/c1-2-10-19(12-13-6-3-4-8-15(13)17)16(20)11-14-7-5-9-18-14/h2-4,6,8,14,18H,1,5,7,9-12H2. The van der Waals surface area contributed by atoms with Crippen LogP contribution in [0, 0.1) is 5.82 Å². The lowest BCUT2D eigenvalue weighted by Gasteiger charge is -2.23. The topological polar surface area (TPSA) is 32.3 Å². The molecule has 1 aromatic carbocycles. The summed E-state index contributed by atoms with van der Waals surface area (Å²) in [6, 6.07) is 6.83. The minimum Gasteiger partial charge on any atom is -0.335 e. The first-order valence-electron chi connectivity index (χ1n) is 7.06. The van der Waals surface area contributed by atoms with Gasteiger partial charge in [0.05, 0.1) is 0 Å². The minimum absolute atomic E-state index is 0.0487. The number of carbonyl (C=O) groups is 1. The van der Waals surface area contributed by atoms with E-state index in [1.807, 2.05) is 0 Å². The van der Waals surface area contributed by atoms with Crippen molar-refractivity contribution in [3.8, 4) is 0 Å². The van der Waals surface area contributed by atoms with Crippen LogP contribution in [0.1, 0.15) is 24.8 Å². The predicted molar refractivity (Wildman–Crippen MR) is 77.7 cm³/mol. The number of hydrogen-bond acceptors (Lipinski definition) is 2. The number of nitrogens with zero attached hydrogens (tertiary/aromatic N) is 1. The van der Waals surface area contributed by atoms with Gasteiger partial charge in [0, 0.05) is 31.1 Å². The van der Waals surface area contributed by atoms with E-state index < -0.39 is 0 Å². The average Bonchev–Trinajstić information content (AvgIpc) is 2.93. The predicted octanol–water partition coefficient (Wildman–Crippen LogP) is 2.48. The third-order valence-electron chi connectivity index (χ3n) is 3.60. The van der Waals surface area contributed by atoms with Crippen LogP contribution in [0.2, 0.25) is 0 Å². The number of benzene rings is 1. The second-order valence-corrected chi connectivity index (χ2v) is 5.15. The molecule has 1 unspecified atom stereocenters. The number of nitrogens with one attached hydrogen (secondary N) is 1. The van der Waals surface area contributed by atoms with Gasteiger partial charge in [0.2, 0.25) is 5.91 Å². The lowest BCUT2D eigenvalue weighted by atomic mass is 10.1. The van der Waals surface area contributed by atoms with Crippen LogP contribution >= 0.6 is 0 Å². The molecule has 0 bridgehead atoms. The minimum atomic E-state index is -0.270. The highest BCUT2D eigenvalue weighted by atomic mass is 19.1. The zero-order valence-corrected chi connectivity index (χ0v) is 11.6. The first-order valence-corrected chi connectivity index (χ1v) is 7.06. The van der Waals surface area contributed by atoms with Crippen LogP contribution < -0.4 is 5.32 Å². The summed E-state index contributed by atoms with van der Waals surface area (Å²) in [5, 5.41) is 3.31. The van der Waals surface area contributed by atoms with Crippen molar-refractivity contribution in [2.24, 2.45) is 0 Å². The van der Waals surface area contributed by atoms with E-state index >= 15 is 0 Å². The second kappa shape index (κ2) is 7.20. The summed E-state index contributed by atoms with van der Waals surface area (Å²) in [5.41, 5.74) is 0.544. The van der Waals surface area contributed by atoms with Crippen LogP contribution in [0.15, 0.2) is 36.9 Å². The fraction of sp³-hybridized carbons (Fsp3) is 0.438. The van der Waals surface area contributed by atoms with Crippen molar-refractivity contribution in [3.05, 3.63) is 48.3 Å². The number of hydrogen-bond donors (Lipinski definition) is 1. The van der Waals surface area contributed by atoms with E-state index in [0.717, 1.165) is 19.4 Å². The average molecular weight is 276 g/mol. The van der Waals surface area contributed by atoms with E-state index in [2.05, 4.69) is 11.9 Å². The van der Waals surface area contributed by atoms with E-state index in [-0.39, 0.29) is 17.8 Å². The summed E-state index contributed by atoms with van der Waals surface area (Å²) >= 11 is 0. The molecule has 1 atom stereocenters. The molecule has 0 spiro atoms. The highest BCUT2D eigenvalue weighted by Gasteiger charge is 2.21. The molecule has 0 aliphatic carbocycles. The summed E-state index contributed by atoms with van der Waals surface area (Å²) in [4.78, 5) is 14.0. The lowest BCUT2D eigenvalue weighted by Crippen LogP contribution is -2.35. The van der Waals surface area contributed by atoms with Gasteiger partial charge in [0.25, 0.3) is 0 Å². The van der Waals surface area contributed by atoms with E-state index in [1.165, 1.54) is 6.07 Å². The van der Waals surface area contributed by atoms with Crippen molar-refractivity contribution in [1.29, 1.82) is 0 Å². The molecular formula is C16H21FN2O. The molecule has 20 heavy (non-hydrogen) atoms. The quantitative estimate of drug-likeness (QED) is 0.810. The Balaban J connectivity index is 2.00. The van der Waals surface area contributed by atoms with Crippen LogP contribution in [0.3, 0.4) is 0 Å². The molecule has 1 aliphatic heterocycles. The van der Waals surface area contributed by atoms with Crippen molar-refractivity contribution in [1.82, 2.24) is 10.2 Å². The summed E-state index contributed by atoms with van der Waals surface area (Å²) in [7, 11) is 0. The van der Waals surface area contributed by atoms with E-state index in [4.69, 9.17) is 0 Å². The molecular weight excluding hydrogens is 255 g/mol. The normalized spacial score (nSPS) is 17.9. The Labute approximate surface area is 119 Å². The Morgan fingerprint density at radius 2 is 2.30 bits per heavy atom. The molecule has 1 aliphatic rings. The first kappa shape index (κ1) is 14.7. The van der Waals surface area contributed by atoms with E-state index in [9.17, 15) is 9.18 Å². The molecule has 1 fully saturated rings. The molecule has 2 rings (SSSR count). The third-order valence-corrected chi connectivity index (χ3v) is 3.60. The van der Waals surface area contributed by atoms with Gasteiger partial charge < -0.3 is 10.2 Å². The van der Waals surface area contributed by atoms with Gasteiger partial charge in [-0.15, -0.1) is 6.58 Å². The van der Waals surface area contributed by atoms with E-state index in [0.29, 0.717) is 25.1 Å². The zero-order valence-electron chi connectivity index (χ0n) is 11.6. The molecule has 0 aromatic heterocycles. The molecule has 1 saturated heterocycles. The second-order valence-electron chi connectivity index (χ2n) is 5.15. The van der Waals surface area contributed by atoms with Gasteiger partial charge in [-0.05, 0) is 25.5 Å². The number of halogens is 1. The Bertz CT molecular complexity index is 469. The molecule has 1 aromatic rings. The summed E-state index contributed by atoms with van der Waals surface area (Å²) in [6.45, 7) is 5.39. The molecule has 0 radical (unpaired) electrons. The molecule has 3 nitrogen and oxygen atoms in total. The first-order chi connectivity index (χ1) is 9.70. The summed E-state index contributed by atoms with van der Waals surface area (Å²) in [5.74, 6) is -0.221. The highest BCUT2D eigenvalue weighted by Crippen LogP contribution is 2.14. The maximum atomic E-state index is 13.7. The van der Waals surface area contributed by atoms with Crippen LogP contribution in [0.4, 0.5) is 4.39 Å². The van der Waals surface area contributed by atoms with Gasteiger partial charge in [-0.3, -0.25) is 4.79 Å². The third kappa shape index (κ3) is 3.90. The van der Waals surface area contributed by atoms with Crippen LogP contribution in [-0.4, -0.2) is 29.9 Å². The van der Waals surface area contributed by atoms with Crippen molar-refractivity contribution < 1.29 is 9.18 Å². The summed E-state index contributed by atoms with van der Waals surface area (Å²) < 4.78 is 13.7. The zero-order chi connectivity index (χ0) is 14.4. The van der Waals surface area contributed by atoms with Gasteiger partial charge >= 0.3 is 0 Å². The molecule has 1 N–H and O–H groups in total. The van der Waals surface area contributed by atoms with Gasteiger partial charge in [0.1, 0.15) is 5.82 Å². The Morgan fingerprint density at radius 1 is 1.50 bits per heavy atom. The summed E-state index contributed by atoms with van der Waals surface area (Å²) in [6.07, 6.45) is 4.31. The van der Waals surface area contributed by atoms with Crippen LogP contribution in [0.25, 0.3) is 0 Å². The van der Waals surface area contributed by atoms with Gasteiger partial charge in [-0.1, -0.05) is 24.3 Å². The number of rotatable bonds is 6. The maximum absolute atomic E-state index is 13.7. The number of amides is 1. The van der Waals surface area contributed by atoms with Gasteiger partial charge in [0.15, 0.2) is 0 Å². The van der Waals surface area contributed by atoms with E-state index in [1.54, 1.807) is 29.2 Å². The van der Waals surface area contributed by atoms with Crippen molar-refractivity contribution in [3.63, 3.8) is 0 Å². The van der Waals surface area contributed by atoms with Crippen LogP contribution in [0.5, 0.6) is 0 Å². The Morgan fingerprint density at radius 3 is 2.95 bits per heavy atom. The molecule has 4 heteroatoms. The molecule has 1 amide bonds. The van der Waals surface area contributed by atoms with Crippen molar-refractivity contribution in [2.75, 3.05) is 13.1 Å². The van der Waals surface area contributed by atoms with Crippen molar-refractivity contribution in [2.45, 2.75) is 31.8 Å². The molecule has 1 heterocycles. The lowest BCUT2D eigenvalue weighted by molar-refractivity contribution is -0.131. The van der Waals surface area contributed by atoms with Crippen molar-refractivity contribution >= 4 is 5.91 Å². The maximum Gasteiger partial charge on any atom is 0.224 e. The van der Waals surface area contributed by atoms with Crippen LogP contribution in [-0.2, 0) is 11.3 Å². The van der Waals surface area contributed by atoms with Gasteiger partial charge in [-0.25, -0.2) is 4.39 Å². The largest absolute Gasteiger partial charge is 0.335 e. The Kier molecular flexibility index (Phi) is 5.30. The fourth-order valence-electron chi connectivity index (χ4n) is 2.51. The molecule has 108 valence electrons. The number of carbonyl (C=O) groups excluding carboxylic acids is 1. The SMILES string of the molecule is C=CCN(Cc1ccccc1F)C(=O)CC1CCCN1. The van der Waals surface area contributed by atoms with Gasteiger partial charge in [-0.2, -0.15) is 0 Å². The Hall–Kier alpha value is -1.68. The monoisotopic (exact) mass is 276 g/mol.